The molecule has 1 aliphatic rings. The van der Waals surface area contributed by atoms with Crippen LogP contribution in [0.3, 0.4) is 0 Å². The Morgan fingerprint density at radius 2 is 2.08 bits per heavy atom. The number of hydrogen-bond donors (Lipinski definition) is 2. The van der Waals surface area contributed by atoms with Gasteiger partial charge in [-0.2, -0.15) is 0 Å². The molecule has 1 saturated heterocycles. The van der Waals surface area contributed by atoms with Gasteiger partial charge in [0.05, 0.1) is 6.04 Å². The number of nitrogens with one attached hydrogen (secondary N) is 2. The van der Waals surface area contributed by atoms with Crippen molar-refractivity contribution in [1.29, 1.82) is 0 Å². The number of aryl methyl sites for hydroxylation is 1. The number of rotatable bonds is 9. The molecule has 1 aromatic rings. The summed E-state index contributed by atoms with van der Waals surface area (Å²) >= 11 is 0. The second kappa shape index (κ2) is 12.5. The van der Waals surface area contributed by atoms with E-state index in [1.54, 1.807) is 7.05 Å². The average molecular weight is 464 g/mol. The first kappa shape index (κ1) is 22.2. The van der Waals surface area contributed by atoms with E-state index in [1.165, 1.54) is 12.8 Å². The Labute approximate surface area is 168 Å². The molecule has 25 heavy (non-hydrogen) atoms. The maximum Gasteiger partial charge on any atom is 0.191 e. The lowest BCUT2D eigenvalue weighted by Crippen LogP contribution is -2.43. The highest BCUT2D eigenvalue weighted by Crippen LogP contribution is 2.26. The van der Waals surface area contributed by atoms with Crippen LogP contribution in [0.25, 0.3) is 0 Å². The molecule has 0 aromatic carbocycles. The molecule has 6 nitrogen and oxygen atoms in total. The third-order valence-corrected chi connectivity index (χ3v) is 4.32. The molecule has 1 aromatic heterocycles. The largest absolute Gasteiger partial charge is 0.465 e. The molecule has 2 rings (SSSR count). The maximum atomic E-state index is 5.89. The van der Waals surface area contributed by atoms with Gasteiger partial charge in [0, 0.05) is 33.4 Å². The zero-order valence-corrected chi connectivity index (χ0v) is 18.0. The van der Waals surface area contributed by atoms with Crippen LogP contribution in [-0.2, 0) is 4.74 Å². The molecule has 2 heterocycles. The van der Waals surface area contributed by atoms with E-state index < -0.39 is 0 Å². The number of furan rings is 1. The van der Waals surface area contributed by atoms with Gasteiger partial charge in [-0.15, -0.1) is 24.0 Å². The van der Waals surface area contributed by atoms with Gasteiger partial charge in [0.15, 0.2) is 5.96 Å². The number of guanidine groups is 1. The molecular weight excluding hydrogens is 431 g/mol. The van der Waals surface area contributed by atoms with E-state index in [9.17, 15) is 0 Å². The number of ether oxygens (including phenoxy) is 1. The number of halogens is 1. The fraction of sp³-hybridized carbons (Fsp3) is 0.722. The third-order valence-electron chi connectivity index (χ3n) is 4.32. The zero-order chi connectivity index (χ0) is 17.2. The Kier molecular flexibility index (Phi) is 11.2. The third kappa shape index (κ3) is 7.53. The lowest BCUT2D eigenvalue weighted by molar-refractivity contribution is 0.145. The predicted molar refractivity (Wildman–Crippen MR) is 113 cm³/mol. The maximum absolute atomic E-state index is 5.89. The van der Waals surface area contributed by atoms with E-state index in [2.05, 4.69) is 26.6 Å². The van der Waals surface area contributed by atoms with Crippen LogP contribution < -0.4 is 10.6 Å². The summed E-state index contributed by atoms with van der Waals surface area (Å²) < 4.78 is 11.2. The van der Waals surface area contributed by atoms with E-state index in [1.807, 2.05) is 19.9 Å². The van der Waals surface area contributed by atoms with Crippen LogP contribution in [0.2, 0.25) is 0 Å². The van der Waals surface area contributed by atoms with E-state index in [0.717, 1.165) is 63.3 Å². The first-order chi connectivity index (χ1) is 11.7. The van der Waals surface area contributed by atoms with Crippen molar-refractivity contribution in [3.8, 4) is 0 Å². The van der Waals surface area contributed by atoms with Gasteiger partial charge < -0.3 is 19.8 Å². The molecule has 1 fully saturated rings. The van der Waals surface area contributed by atoms with E-state index in [4.69, 9.17) is 9.15 Å². The van der Waals surface area contributed by atoms with Crippen molar-refractivity contribution in [2.45, 2.75) is 39.2 Å². The van der Waals surface area contributed by atoms with Crippen molar-refractivity contribution >= 4 is 29.9 Å². The summed E-state index contributed by atoms with van der Waals surface area (Å²) in [6.07, 6.45) is 3.50. The van der Waals surface area contributed by atoms with Crippen molar-refractivity contribution in [3.63, 3.8) is 0 Å². The van der Waals surface area contributed by atoms with Gasteiger partial charge in [-0.05, 0) is 58.3 Å². The molecule has 0 bridgehead atoms. The minimum absolute atomic E-state index is 0. The van der Waals surface area contributed by atoms with Crippen LogP contribution >= 0.6 is 24.0 Å². The monoisotopic (exact) mass is 464 g/mol. The predicted octanol–water partition coefficient (Wildman–Crippen LogP) is 2.93. The lowest BCUT2D eigenvalue weighted by atomic mass is 10.2. The summed E-state index contributed by atoms with van der Waals surface area (Å²) in [6, 6.07) is 4.39. The molecule has 0 saturated carbocycles. The Balaban J connectivity index is 0.00000312. The van der Waals surface area contributed by atoms with Crippen molar-refractivity contribution in [2.75, 3.05) is 46.4 Å². The molecule has 0 spiro atoms. The minimum atomic E-state index is 0. The minimum Gasteiger partial charge on any atom is -0.465 e. The van der Waals surface area contributed by atoms with Crippen LogP contribution in [0.4, 0.5) is 0 Å². The van der Waals surface area contributed by atoms with Crippen molar-refractivity contribution < 1.29 is 9.15 Å². The topological polar surface area (TPSA) is 62.0 Å². The van der Waals surface area contributed by atoms with Crippen LogP contribution in [-0.4, -0.2) is 57.3 Å². The van der Waals surface area contributed by atoms with Gasteiger partial charge in [0.25, 0.3) is 0 Å². The fourth-order valence-corrected chi connectivity index (χ4v) is 3.03. The quantitative estimate of drug-likeness (QED) is 0.255. The van der Waals surface area contributed by atoms with E-state index in [0.29, 0.717) is 0 Å². The summed E-state index contributed by atoms with van der Waals surface area (Å²) in [5, 5.41) is 6.78. The Morgan fingerprint density at radius 1 is 1.32 bits per heavy atom. The van der Waals surface area contributed by atoms with Gasteiger partial charge in [0.1, 0.15) is 11.5 Å². The summed E-state index contributed by atoms with van der Waals surface area (Å²) in [4.78, 5) is 6.80. The molecule has 0 amide bonds. The molecule has 0 aliphatic carbocycles. The second-order valence-corrected chi connectivity index (χ2v) is 6.14. The molecule has 1 aliphatic heterocycles. The van der Waals surface area contributed by atoms with Crippen molar-refractivity contribution in [1.82, 2.24) is 15.5 Å². The number of aliphatic imine (C=N–C) groups is 1. The molecule has 0 radical (unpaired) electrons. The number of hydrogen-bond acceptors (Lipinski definition) is 4. The SMILES string of the molecule is CCOCCCNC(=NC)NCC(c1ccc(C)o1)N1CCCC1.I. The van der Waals surface area contributed by atoms with Gasteiger partial charge in [0.2, 0.25) is 0 Å². The standard InChI is InChI=1S/C18H32N4O2.HI/c1-4-23-13-7-10-20-18(19-3)21-14-16(22-11-5-6-12-22)17-9-8-15(2)24-17;/h8-9,16H,4-7,10-14H2,1-3H3,(H2,19,20,21);1H. The summed E-state index contributed by atoms with van der Waals surface area (Å²) in [5.74, 6) is 2.83. The zero-order valence-electron chi connectivity index (χ0n) is 15.7. The van der Waals surface area contributed by atoms with Gasteiger partial charge in [-0.1, -0.05) is 0 Å². The van der Waals surface area contributed by atoms with Crippen LogP contribution in [0, 0.1) is 6.92 Å². The number of likely N-dealkylation sites (tertiary alicyclic amines) is 1. The van der Waals surface area contributed by atoms with Crippen molar-refractivity contribution in [3.05, 3.63) is 23.7 Å². The fourth-order valence-electron chi connectivity index (χ4n) is 3.03. The first-order valence-corrected chi connectivity index (χ1v) is 9.07. The normalized spacial score (nSPS) is 16.5. The molecule has 1 atom stereocenters. The van der Waals surface area contributed by atoms with E-state index >= 15 is 0 Å². The van der Waals surface area contributed by atoms with E-state index in [-0.39, 0.29) is 30.0 Å². The smallest absolute Gasteiger partial charge is 0.191 e. The highest BCUT2D eigenvalue weighted by molar-refractivity contribution is 14.0. The number of nitrogens with zero attached hydrogens (tertiary/aromatic N) is 2. The Hall–Kier alpha value is -0.800. The van der Waals surface area contributed by atoms with Crippen LogP contribution in [0.15, 0.2) is 21.5 Å². The van der Waals surface area contributed by atoms with Crippen LogP contribution in [0.5, 0.6) is 0 Å². The molecular formula is C18H33IN4O2. The first-order valence-electron chi connectivity index (χ1n) is 9.07. The Bertz CT molecular complexity index is 501. The summed E-state index contributed by atoms with van der Waals surface area (Å²) in [5.41, 5.74) is 0. The van der Waals surface area contributed by atoms with Gasteiger partial charge in [-0.25, -0.2) is 0 Å². The lowest BCUT2D eigenvalue weighted by Gasteiger charge is -2.26. The molecule has 2 N–H and O–H groups in total. The summed E-state index contributed by atoms with van der Waals surface area (Å²) in [7, 11) is 1.81. The van der Waals surface area contributed by atoms with Crippen molar-refractivity contribution in [2.24, 2.45) is 4.99 Å². The average Bonchev–Trinajstić information content (AvgIpc) is 3.25. The van der Waals surface area contributed by atoms with Gasteiger partial charge in [-0.3, -0.25) is 9.89 Å². The molecule has 1 unspecified atom stereocenters. The second-order valence-electron chi connectivity index (χ2n) is 6.14. The summed E-state index contributed by atoms with van der Waals surface area (Å²) in [6.45, 7) is 9.47. The van der Waals surface area contributed by atoms with Gasteiger partial charge >= 0.3 is 0 Å². The molecule has 144 valence electrons. The highest BCUT2D eigenvalue weighted by atomic mass is 127. The Morgan fingerprint density at radius 3 is 2.68 bits per heavy atom. The van der Waals surface area contributed by atoms with Crippen LogP contribution in [0.1, 0.15) is 43.7 Å². The highest BCUT2D eigenvalue weighted by Gasteiger charge is 2.26. The molecule has 7 heteroatoms.